The van der Waals surface area contributed by atoms with Gasteiger partial charge in [0, 0.05) is 21.5 Å². The summed E-state index contributed by atoms with van der Waals surface area (Å²) in [5, 5.41) is 25.8. The second-order valence-corrected chi connectivity index (χ2v) is 14.3. The van der Waals surface area contributed by atoms with Gasteiger partial charge in [0.2, 0.25) is 0 Å². The molecule has 3 nitrogen and oxygen atoms in total. The van der Waals surface area contributed by atoms with E-state index >= 15 is 0 Å². The maximum atomic E-state index is 10.3. The van der Waals surface area contributed by atoms with Crippen LogP contribution in [-0.2, 0) is 21.7 Å². The lowest BCUT2D eigenvalue weighted by Crippen LogP contribution is -2.18. The highest BCUT2D eigenvalue weighted by atomic mass is 14.9. The summed E-state index contributed by atoms with van der Waals surface area (Å²) in [6.07, 6.45) is 2.03. The molecule has 2 heterocycles. The van der Waals surface area contributed by atoms with E-state index < -0.39 is 0 Å². The topological polar surface area (TPSA) is 52.0 Å². The number of hydrogen-bond donors (Lipinski definition) is 0. The van der Waals surface area contributed by atoms with Crippen LogP contribution in [0.15, 0.2) is 30.3 Å². The monoisotopic (exact) mass is 483 g/mol. The van der Waals surface area contributed by atoms with Crippen LogP contribution in [0.5, 0.6) is 0 Å². The summed E-state index contributed by atoms with van der Waals surface area (Å²) in [5.74, 6) is 0. The molecule has 3 aromatic carbocycles. The Hall–Kier alpha value is -3.56. The van der Waals surface area contributed by atoms with Gasteiger partial charge in [-0.25, -0.2) is 0 Å². The number of aromatic nitrogens is 1. The van der Waals surface area contributed by atoms with Gasteiger partial charge in [-0.3, -0.25) is 0 Å². The van der Waals surface area contributed by atoms with Crippen LogP contribution >= 0.6 is 0 Å². The zero-order valence-corrected chi connectivity index (χ0v) is 23.1. The summed E-state index contributed by atoms with van der Waals surface area (Å²) in [7, 11) is 0. The molecular weight excluding hydrogens is 450 g/mol. The molecule has 0 N–H and O–H groups in total. The van der Waals surface area contributed by atoms with Crippen molar-refractivity contribution in [3.8, 4) is 12.1 Å². The molecule has 184 valence electrons. The lowest BCUT2D eigenvalue weighted by molar-refractivity contribution is 0.403. The molecule has 5 aromatic rings. The van der Waals surface area contributed by atoms with Gasteiger partial charge in [-0.1, -0.05) is 73.6 Å². The molecule has 2 aliphatic rings. The van der Waals surface area contributed by atoms with Gasteiger partial charge >= 0.3 is 0 Å². The first-order valence-corrected chi connectivity index (χ1v) is 13.4. The molecule has 0 saturated carbocycles. The zero-order chi connectivity index (χ0) is 26.4. The Kier molecular flexibility index (Phi) is 3.84. The molecule has 37 heavy (non-hydrogen) atoms. The second kappa shape index (κ2) is 6.28. The van der Waals surface area contributed by atoms with Crippen LogP contribution < -0.4 is 0 Å². The highest BCUT2D eigenvalue weighted by molar-refractivity contribution is 6.25. The molecule has 0 amide bonds. The predicted octanol–water partition coefficient (Wildman–Crippen LogP) is 8.50. The first-order valence-electron chi connectivity index (χ1n) is 13.4. The first-order chi connectivity index (χ1) is 17.2. The van der Waals surface area contributed by atoms with Crippen molar-refractivity contribution in [3.63, 3.8) is 0 Å². The van der Waals surface area contributed by atoms with Crippen molar-refractivity contribution in [3.05, 3.63) is 63.7 Å². The third-order valence-electron chi connectivity index (χ3n) is 9.61. The fraction of sp³-hybridized carbons (Fsp3) is 0.412. The van der Waals surface area contributed by atoms with E-state index in [2.05, 4.69) is 102 Å². The Morgan fingerprint density at radius 1 is 0.622 bits per heavy atom. The van der Waals surface area contributed by atoms with Crippen LogP contribution in [0, 0.1) is 22.7 Å². The van der Waals surface area contributed by atoms with Gasteiger partial charge in [0.1, 0.15) is 0 Å². The summed E-state index contributed by atoms with van der Waals surface area (Å²) in [5.41, 5.74) is 9.90. The maximum Gasteiger partial charge on any atom is 0.0995 e. The molecular formula is C34H33N3. The number of nitrogens with zero attached hydrogens (tertiary/aromatic N) is 3. The summed E-state index contributed by atoms with van der Waals surface area (Å²) in [4.78, 5) is 0. The van der Waals surface area contributed by atoms with E-state index in [1.54, 1.807) is 0 Å². The average molecular weight is 484 g/mol. The largest absolute Gasteiger partial charge is 0.308 e. The van der Waals surface area contributed by atoms with Crippen molar-refractivity contribution in [1.29, 1.82) is 10.5 Å². The first kappa shape index (κ1) is 22.6. The Bertz CT molecular complexity index is 1810. The lowest BCUT2D eigenvalue weighted by Gasteiger charge is -2.23. The number of rotatable bonds is 0. The number of nitriles is 2. The molecule has 2 aromatic heterocycles. The van der Waals surface area contributed by atoms with Gasteiger partial charge in [0.15, 0.2) is 0 Å². The minimum absolute atomic E-state index is 0.0388. The summed E-state index contributed by atoms with van der Waals surface area (Å²) in [6.45, 7) is 18.5. The van der Waals surface area contributed by atoms with Crippen molar-refractivity contribution in [2.45, 2.75) is 89.9 Å². The fourth-order valence-corrected chi connectivity index (χ4v) is 9.29. The van der Waals surface area contributed by atoms with E-state index in [4.69, 9.17) is 0 Å². The van der Waals surface area contributed by atoms with Crippen LogP contribution in [0.25, 0.3) is 38.1 Å². The van der Waals surface area contributed by atoms with Crippen LogP contribution in [0.3, 0.4) is 0 Å². The Morgan fingerprint density at radius 3 is 1.38 bits per heavy atom. The molecule has 3 heteroatoms. The number of fused-ring (bicyclic) bond motifs is 10. The standard InChI is InChI=1S/C34H33N3/c1-31(2)16-33(5,6)28-24-20-10-9-11-21-25-23(37(30(20)21)22(24)12-18(14-35)26(28)31)13-19(15-36)27-29(25)34(7,8)17-32(27,3)4/h9-13H,16-17H2,1-8H3. The minimum Gasteiger partial charge on any atom is -0.308 e. The molecule has 0 aliphatic heterocycles. The molecule has 0 radical (unpaired) electrons. The zero-order valence-electron chi connectivity index (χ0n) is 23.1. The van der Waals surface area contributed by atoms with Gasteiger partial charge in [0.05, 0.1) is 39.8 Å². The van der Waals surface area contributed by atoms with Crippen LogP contribution in [-0.4, -0.2) is 4.40 Å². The highest BCUT2D eigenvalue weighted by Crippen LogP contribution is 2.58. The van der Waals surface area contributed by atoms with E-state index in [0.29, 0.717) is 0 Å². The molecule has 0 saturated heterocycles. The van der Waals surface area contributed by atoms with Gasteiger partial charge in [0.25, 0.3) is 0 Å². The van der Waals surface area contributed by atoms with E-state index in [-0.39, 0.29) is 21.7 Å². The number of para-hydroxylation sites is 1. The van der Waals surface area contributed by atoms with E-state index in [0.717, 1.165) is 35.0 Å². The molecule has 0 spiro atoms. The van der Waals surface area contributed by atoms with Crippen molar-refractivity contribution < 1.29 is 0 Å². The molecule has 7 rings (SSSR count). The Labute approximate surface area is 218 Å². The molecule has 0 atom stereocenters. The molecule has 0 unspecified atom stereocenters. The van der Waals surface area contributed by atoms with Crippen LogP contribution in [0.2, 0.25) is 0 Å². The van der Waals surface area contributed by atoms with Gasteiger partial charge < -0.3 is 4.40 Å². The maximum absolute atomic E-state index is 10.3. The van der Waals surface area contributed by atoms with E-state index in [1.165, 1.54) is 49.3 Å². The smallest absolute Gasteiger partial charge is 0.0995 e. The predicted molar refractivity (Wildman–Crippen MR) is 152 cm³/mol. The number of benzene rings is 3. The molecule has 0 fully saturated rings. The third kappa shape index (κ3) is 2.46. The quantitative estimate of drug-likeness (QED) is 0.222. The van der Waals surface area contributed by atoms with Gasteiger partial charge in [-0.2, -0.15) is 10.5 Å². The van der Waals surface area contributed by atoms with Gasteiger partial charge in [-0.05, 0) is 68.9 Å². The van der Waals surface area contributed by atoms with Crippen molar-refractivity contribution in [2.75, 3.05) is 0 Å². The third-order valence-corrected chi connectivity index (χ3v) is 9.61. The van der Waals surface area contributed by atoms with Crippen molar-refractivity contribution in [2.24, 2.45) is 0 Å². The Morgan fingerprint density at radius 2 is 1.00 bits per heavy atom. The van der Waals surface area contributed by atoms with E-state index in [1.807, 2.05) is 0 Å². The van der Waals surface area contributed by atoms with Crippen LogP contribution in [0.4, 0.5) is 0 Å². The highest BCUT2D eigenvalue weighted by Gasteiger charge is 2.47. The molecule has 2 aliphatic carbocycles. The SMILES string of the molecule is CC1(C)CC(C)(C)c2c1c(C#N)cc1c2c2cccc3c4c5c(c(C#N)cc4n1c23)C(C)(C)CC5(C)C. The van der Waals surface area contributed by atoms with Crippen molar-refractivity contribution in [1.82, 2.24) is 4.40 Å². The fourth-order valence-electron chi connectivity index (χ4n) is 9.29. The minimum atomic E-state index is -0.0590. The normalized spacial score (nSPS) is 20.5. The second-order valence-electron chi connectivity index (χ2n) is 14.3. The van der Waals surface area contributed by atoms with Crippen LogP contribution in [0.1, 0.15) is 102 Å². The Balaban J connectivity index is 1.81. The summed E-state index contributed by atoms with van der Waals surface area (Å²) < 4.78 is 2.38. The molecule has 0 bridgehead atoms. The van der Waals surface area contributed by atoms with E-state index in [9.17, 15) is 10.5 Å². The van der Waals surface area contributed by atoms with Crippen molar-refractivity contribution >= 4 is 38.1 Å². The van der Waals surface area contributed by atoms with Gasteiger partial charge in [-0.15, -0.1) is 0 Å². The average Bonchev–Trinajstić information content (AvgIpc) is 3.43. The summed E-state index contributed by atoms with van der Waals surface area (Å²) >= 11 is 0. The summed E-state index contributed by atoms with van der Waals surface area (Å²) in [6, 6.07) is 16.1. The lowest BCUT2D eigenvalue weighted by atomic mass is 9.81. The number of hydrogen-bond acceptors (Lipinski definition) is 2.